The summed E-state index contributed by atoms with van der Waals surface area (Å²) in [5, 5.41) is 2.58. The number of aryl methyl sites for hydroxylation is 1. The lowest BCUT2D eigenvalue weighted by atomic mass is 10.0. The van der Waals surface area contributed by atoms with Crippen LogP contribution in [0.4, 0.5) is 0 Å². The monoisotopic (exact) mass is 381 g/mol. The fourth-order valence-electron chi connectivity index (χ4n) is 3.73. The largest absolute Gasteiger partial charge is 0.338 e. The first kappa shape index (κ1) is 17.9. The van der Waals surface area contributed by atoms with Gasteiger partial charge in [0, 0.05) is 23.5 Å². The fraction of sp³-hybridized carbons (Fsp3) is 0.381. The first-order valence-corrected chi connectivity index (χ1v) is 10.3. The molecular formula is C21H23N3O2S. The van der Waals surface area contributed by atoms with Gasteiger partial charge in [-0.2, -0.15) is 0 Å². The van der Waals surface area contributed by atoms with Crippen molar-refractivity contribution in [1.82, 2.24) is 14.5 Å². The van der Waals surface area contributed by atoms with Gasteiger partial charge in [0.15, 0.2) is 0 Å². The Balaban J connectivity index is 1.69. The Hall–Kier alpha value is -2.47. The number of benzene rings is 1. The van der Waals surface area contributed by atoms with Crippen LogP contribution in [0.15, 0.2) is 40.8 Å². The topological polar surface area (TPSA) is 55.2 Å². The molecule has 0 bridgehead atoms. The van der Waals surface area contributed by atoms with E-state index in [0.717, 1.165) is 36.9 Å². The SMILES string of the molecule is Cc1ccc(-c2csc3ncn(CC(=O)N4CCCC[C@@H]4C)c(=O)c23)cc1. The van der Waals surface area contributed by atoms with Crippen molar-refractivity contribution in [1.29, 1.82) is 0 Å². The van der Waals surface area contributed by atoms with Crippen LogP contribution in [0.1, 0.15) is 31.7 Å². The first-order valence-electron chi connectivity index (χ1n) is 9.38. The number of hydrogen-bond acceptors (Lipinski definition) is 4. The lowest BCUT2D eigenvalue weighted by Gasteiger charge is -2.33. The van der Waals surface area contributed by atoms with Gasteiger partial charge in [-0.25, -0.2) is 4.98 Å². The van der Waals surface area contributed by atoms with Crippen molar-refractivity contribution in [2.24, 2.45) is 0 Å². The van der Waals surface area contributed by atoms with Crippen LogP contribution in [0.5, 0.6) is 0 Å². The maximum atomic E-state index is 13.1. The molecule has 1 aromatic carbocycles. The number of likely N-dealkylation sites (tertiary alicyclic amines) is 1. The van der Waals surface area contributed by atoms with E-state index in [1.165, 1.54) is 27.8 Å². The molecule has 3 heterocycles. The van der Waals surface area contributed by atoms with Crippen LogP contribution in [0, 0.1) is 6.92 Å². The molecule has 3 aromatic rings. The summed E-state index contributed by atoms with van der Waals surface area (Å²) in [5.41, 5.74) is 2.92. The molecule has 1 saturated heterocycles. The van der Waals surface area contributed by atoms with Gasteiger partial charge in [0.05, 0.1) is 11.7 Å². The van der Waals surface area contributed by atoms with Gasteiger partial charge in [-0.05, 0) is 38.7 Å². The van der Waals surface area contributed by atoms with E-state index >= 15 is 0 Å². The third kappa shape index (κ3) is 3.41. The van der Waals surface area contributed by atoms with Crippen molar-refractivity contribution < 1.29 is 4.79 Å². The lowest BCUT2D eigenvalue weighted by Crippen LogP contribution is -2.44. The Morgan fingerprint density at radius 3 is 2.78 bits per heavy atom. The third-order valence-electron chi connectivity index (χ3n) is 5.35. The van der Waals surface area contributed by atoms with Crippen LogP contribution in [0.25, 0.3) is 21.3 Å². The maximum absolute atomic E-state index is 13.1. The molecule has 1 aliphatic heterocycles. The van der Waals surface area contributed by atoms with Gasteiger partial charge >= 0.3 is 0 Å². The van der Waals surface area contributed by atoms with Crippen LogP contribution >= 0.6 is 11.3 Å². The molecule has 5 nitrogen and oxygen atoms in total. The number of amides is 1. The average molecular weight is 382 g/mol. The van der Waals surface area contributed by atoms with Crippen molar-refractivity contribution in [3.05, 3.63) is 51.9 Å². The highest BCUT2D eigenvalue weighted by atomic mass is 32.1. The molecule has 1 amide bonds. The molecule has 0 saturated carbocycles. The van der Waals surface area contributed by atoms with E-state index < -0.39 is 0 Å². The fourth-order valence-corrected chi connectivity index (χ4v) is 4.64. The molecule has 1 atom stereocenters. The molecule has 0 aliphatic carbocycles. The third-order valence-corrected chi connectivity index (χ3v) is 6.24. The van der Waals surface area contributed by atoms with Gasteiger partial charge in [-0.15, -0.1) is 11.3 Å². The number of thiophene rings is 1. The Bertz CT molecular complexity index is 1040. The summed E-state index contributed by atoms with van der Waals surface area (Å²) in [6.07, 6.45) is 4.73. The Morgan fingerprint density at radius 2 is 2.04 bits per heavy atom. The van der Waals surface area contributed by atoms with Crippen LogP contribution in [-0.2, 0) is 11.3 Å². The van der Waals surface area contributed by atoms with E-state index in [1.54, 1.807) is 0 Å². The number of carbonyl (C=O) groups excluding carboxylic acids is 1. The van der Waals surface area contributed by atoms with Gasteiger partial charge < -0.3 is 4.90 Å². The summed E-state index contributed by atoms with van der Waals surface area (Å²) >= 11 is 1.46. The zero-order valence-corrected chi connectivity index (χ0v) is 16.5. The van der Waals surface area contributed by atoms with Crippen molar-refractivity contribution in [3.63, 3.8) is 0 Å². The van der Waals surface area contributed by atoms with Gasteiger partial charge in [-0.3, -0.25) is 14.2 Å². The van der Waals surface area contributed by atoms with Crippen LogP contribution < -0.4 is 5.56 Å². The van der Waals surface area contributed by atoms with Crippen molar-refractivity contribution >= 4 is 27.5 Å². The Labute approximate surface area is 162 Å². The Morgan fingerprint density at radius 1 is 1.26 bits per heavy atom. The van der Waals surface area contributed by atoms with Gasteiger partial charge in [0.2, 0.25) is 5.91 Å². The second kappa shape index (κ2) is 7.27. The predicted molar refractivity (Wildman–Crippen MR) is 109 cm³/mol. The minimum atomic E-state index is -0.144. The molecule has 1 aliphatic rings. The van der Waals surface area contributed by atoms with E-state index in [1.807, 2.05) is 41.5 Å². The molecule has 1 fully saturated rings. The highest BCUT2D eigenvalue weighted by molar-refractivity contribution is 7.17. The van der Waals surface area contributed by atoms with Gasteiger partial charge in [0.25, 0.3) is 5.56 Å². The summed E-state index contributed by atoms with van der Waals surface area (Å²) in [5.74, 6) is -0.00225. The normalized spacial score (nSPS) is 17.4. The number of nitrogens with zero attached hydrogens (tertiary/aromatic N) is 3. The summed E-state index contributed by atoms with van der Waals surface area (Å²) in [4.78, 5) is 32.9. The second-order valence-corrected chi connectivity index (χ2v) is 8.16. The number of rotatable bonds is 3. The van der Waals surface area contributed by atoms with E-state index in [2.05, 4.69) is 11.9 Å². The van der Waals surface area contributed by atoms with Crippen LogP contribution in [0.3, 0.4) is 0 Å². The summed E-state index contributed by atoms with van der Waals surface area (Å²) in [7, 11) is 0. The number of aromatic nitrogens is 2. The number of piperidine rings is 1. The van der Waals surface area contributed by atoms with Gasteiger partial charge in [-0.1, -0.05) is 29.8 Å². The first-order chi connectivity index (χ1) is 13.0. The number of fused-ring (bicyclic) bond motifs is 1. The molecular weight excluding hydrogens is 358 g/mol. The van der Waals surface area contributed by atoms with Crippen LogP contribution in [0.2, 0.25) is 0 Å². The number of hydrogen-bond donors (Lipinski definition) is 0. The molecule has 4 rings (SSSR count). The minimum Gasteiger partial charge on any atom is -0.338 e. The van der Waals surface area contributed by atoms with Crippen molar-refractivity contribution in [2.75, 3.05) is 6.54 Å². The minimum absolute atomic E-state index is 0.00225. The van der Waals surface area contributed by atoms with E-state index in [9.17, 15) is 9.59 Å². The average Bonchev–Trinajstić information content (AvgIpc) is 3.10. The Kier molecular flexibility index (Phi) is 4.83. The standard InChI is InChI=1S/C21H23N3O2S/c1-14-6-8-16(9-7-14)17-12-27-20-19(17)21(26)23(13-22-20)11-18(25)24-10-4-3-5-15(24)2/h6-9,12-13,15H,3-5,10-11H2,1-2H3/t15-/m0/s1. The molecule has 6 heteroatoms. The molecule has 2 aromatic heterocycles. The van der Waals surface area contributed by atoms with E-state index in [-0.39, 0.29) is 24.1 Å². The molecule has 0 N–H and O–H groups in total. The van der Waals surface area contributed by atoms with Crippen LogP contribution in [-0.4, -0.2) is 32.9 Å². The van der Waals surface area contributed by atoms with Gasteiger partial charge in [0.1, 0.15) is 11.4 Å². The summed E-state index contributed by atoms with van der Waals surface area (Å²) in [6.45, 7) is 4.94. The quantitative estimate of drug-likeness (QED) is 0.693. The van der Waals surface area contributed by atoms with Crippen molar-refractivity contribution in [2.45, 2.75) is 45.7 Å². The number of carbonyl (C=O) groups is 1. The molecule has 140 valence electrons. The zero-order valence-electron chi connectivity index (χ0n) is 15.6. The zero-order chi connectivity index (χ0) is 19.0. The predicted octanol–water partition coefficient (Wildman–Crippen LogP) is 3.83. The molecule has 0 unspecified atom stereocenters. The summed E-state index contributed by atoms with van der Waals surface area (Å²) in [6, 6.07) is 8.36. The second-order valence-electron chi connectivity index (χ2n) is 7.31. The maximum Gasteiger partial charge on any atom is 0.263 e. The highest BCUT2D eigenvalue weighted by Gasteiger charge is 2.24. The summed E-state index contributed by atoms with van der Waals surface area (Å²) < 4.78 is 1.45. The smallest absolute Gasteiger partial charge is 0.263 e. The highest BCUT2D eigenvalue weighted by Crippen LogP contribution is 2.30. The lowest BCUT2D eigenvalue weighted by molar-refractivity contribution is -0.135. The molecule has 0 spiro atoms. The molecule has 27 heavy (non-hydrogen) atoms. The van der Waals surface area contributed by atoms with E-state index in [4.69, 9.17) is 0 Å². The van der Waals surface area contributed by atoms with Crippen molar-refractivity contribution in [3.8, 4) is 11.1 Å². The van der Waals surface area contributed by atoms with E-state index in [0.29, 0.717) is 10.2 Å². The molecule has 0 radical (unpaired) electrons.